The molecule has 0 fully saturated rings. The molecule has 0 aliphatic carbocycles. The van der Waals surface area contributed by atoms with Crippen LogP contribution in [-0.4, -0.2) is 25.3 Å². The summed E-state index contributed by atoms with van der Waals surface area (Å²) in [7, 11) is -2.36. The second-order valence-electron chi connectivity index (χ2n) is 5.94. The maximum Gasteiger partial charge on any atom is 0.237 e. The maximum atomic E-state index is 12.3. The summed E-state index contributed by atoms with van der Waals surface area (Å²) in [5, 5.41) is 3.33. The fourth-order valence-corrected chi connectivity index (χ4v) is 7.67. The zero-order valence-corrected chi connectivity index (χ0v) is 17.3. The van der Waals surface area contributed by atoms with Gasteiger partial charge in [0.25, 0.3) is 0 Å². The van der Waals surface area contributed by atoms with E-state index >= 15 is 0 Å². The average Bonchev–Trinajstić information content (AvgIpc) is 2.75. The Kier molecular flexibility index (Phi) is 7.31. The van der Waals surface area contributed by atoms with Crippen molar-refractivity contribution in [1.29, 1.82) is 0 Å². The number of rotatable bonds is 9. The second kappa shape index (κ2) is 9.91. The van der Waals surface area contributed by atoms with E-state index in [1.165, 1.54) is 0 Å². The molecular weight excluding hydrogens is 423 g/mol. The molecule has 0 radical (unpaired) electrons. The molecule has 27 heavy (non-hydrogen) atoms. The highest BCUT2D eigenvalue weighted by atomic mass is 79.9. The molecule has 0 spiro atoms. The van der Waals surface area contributed by atoms with E-state index < -0.39 is 13.1 Å². The summed E-state index contributed by atoms with van der Waals surface area (Å²) < 4.78 is 11.0. The van der Waals surface area contributed by atoms with Gasteiger partial charge in [0.15, 0.2) is 6.29 Å². The molecular formula is C22H21BrO3P+. The van der Waals surface area contributed by atoms with Gasteiger partial charge < -0.3 is 8.57 Å². The van der Waals surface area contributed by atoms with Gasteiger partial charge in [-0.05, 0) is 36.4 Å². The quantitative estimate of drug-likeness (QED) is 0.286. The number of hydrogen-bond acceptors (Lipinski definition) is 3. The van der Waals surface area contributed by atoms with E-state index in [1.807, 2.05) is 54.6 Å². The van der Waals surface area contributed by atoms with Crippen LogP contribution in [0.3, 0.4) is 0 Å². The van der Waals surface area contributed by atoms with E-state index in [-0.39, 0.29) is 0 Å². The minimum Gasteiger partial charge on any atom is -0.334 e. The van der Waals surface area contributed by atoms with Crippen molar-refractivity contribution in [3.05, 3.63) is 91.0 Å². The number of halogens is 1. The highest BCUT2D eigenvalue weighted by Gasteiger charge is 2.53. The molecule has 0 aliphatic rings. The largest absolute Gasteiger partial charge is 0.334 e. The molecule has 5 heteroatoms. The van der Waals surface area contributed by atoms with Crippen LogP contribution in [0.4, 0.5) is 0 Å². The Hall–Kier alpha value is -1.84. The van der Waals surface area contributed by atoms with Crippen molar-refractivity contribution in [2.45, 2.75) is 5.85 Å². The lowest BCUT2D eigenvalue weighted by Gasteiger charge is -2.31. The number of carbonyl (C=O) groups excluding carboxylic acids is 1. The molecule has 0 amide bonds. The predicted molar refractivity (Wildman–Crippen MR) is 116 cm³/mol. The van der Waals surface area contributed by atoms with Crippen molar-refractivity contribution < 1.29 is 13.4 Å². The number of ether oxygens (including phenoxy) is 1. The first-order valence-corrected chi connectivity index (χ1v) is 11.2. The molecule has 3 nitrogen and oxygen atoms in total. The van der Waals surface area contributed by atoms with Crippen LogP contribution in [0.5, 0.6) is 0 Å². The van der Waals surface area contributed by atoms with Gasteiger partial charge in [-0.15, -0.1) is 0 Å². The minimum atomic E-state index is -2.36. The van der Waals surface area contributed by atoms with Crippen LogP contribution in [-0.2, 0) is 13.4 Å². The first kappa shape index (κ1) is 19.9. The van der Waals surface area contributed by atoms with Crippen LogP contribution < -0.4 is 15.9 Å². The number of benzene rings is 3. The van der Waals surface area contributed by atoms with Crippen LogP contribution in [0, 0.1) is 0 Å². The van der Waals surface area contributed by atoms with Crippen molar-refractivity contribution >= 4 is 45.7 Å². The van der Waals surface area contributed by atoms with Gasteiger partial charge >= 0.3 is 0 Å². The molecule has 3 aromatic rings. The summed E-state index contributed by atoms with van der Waals surface area (Å²) in [5.41, 5.74) is 0. The smallest absolute Gasteiger partial charge is 0.237 e. The molecule has 1 atom stereocenters. The zero-order chi connectivity index (χ0) is 19.0. The van der Waals surface area contributed by atoms with Crippen molar-refractivity contribution in [3.63, 3.8) is 0 Å². The third kappa shape index (κ3) is 4.20. The Morgan fingerprint density at radius 3 is 1.48 bits per heavy atom. The van der Waals surface area contributed by atoms with Crippen LogP contribution in [0.15, 0.2) is 91.0 Å². The van der Waals surface area contributed by atoms with Gasteiger partial charge in [-0.3, -0.25) is 4.79 Å². The normalized spacial score (nSPS) is 12.5. The molecule has 0 aliphatic heterocycles. The Morgan fingerprint density at radius 2 is 1.15 bits per heavy atom. The molecule has 3 aromatic carbocycles. The Labute approximate surface area is 169 Å². The molecule has 1 unspecified atom stereocenters. The van der Waals surface area contributed by atoms with Crippen LogP contribution in [0.25, 0.3) is 0 Å². The summed E-state index contributed by atoms with van der Waals surface area (Å²) in [6.07, 6.45) is 0.939. The van der Waals surface area contributed by atoms with E-state index in [9.17, 15) is 4.79 Å². The summed E-state index contributed by atoms with van der Waals surface area (Å²) in [5.74, 6) is -0.604. The van der Waals surface area contributed by atoms with Gasteiger partial charge in [0.05, 0.1) is 29.5 Å². The Balaban J connectivity index is 2.27. The first-order valence-electron chi connectivity index (χ1n) is 8.70. The number of aldehydes is 1. The van der Waals surface area contributed by atoms with Gasteiger partial charge in [-0.1, -0.05) is 54.6 Å². The fourth-order valence-electron chi connectivity index (χ4n) is 3.32. The van der Waals surface area contributed by atoms with Crippen molar-refractivity contribution in [3.8, 4) is 0 Å². The van der Waals surface area contributed by atoms with E-state index in [1.54, 1.807) is 0 Å². The topological polar surface area (TPSA) is 35.5 Å². The monoisotopic (exact) mass is 443 g/mol. The fraction of sp³-hybridized carbons (Fsp3) is 0.136. The summed E-state index contributed by atoms with van der Waals surface area (Å²) in [6, 6.07) is 30.6. The van der Waals surface area contributed by atoms with E-state index in [2.05, 4.69) is 52.7 Å². The Morgan fingerprint density at radius 1 is 0.741 bits per heavy atom. The van der Waals surface area contributed by atoms with Crippen molar-refractivity contribution in [2.75, 3.05) is 13.2 Å². The van der Waals surface area contributed by atoms with Gasteiger partial charge in [-0.25, -0.2) is 0 Å². The first-order chi connectivity index (χ1) is 13.3. The third-order valence-corrected chi connectivity index (χ3v) is 9.13. The van der Waals surface area contributed by atoms with Gasteiger partial charge in [0.1, 0.15) is 23.2 Å². The lowest BCUT2D eigenvalue weighted by atomic mass is 10.4. The molecule has 0 heterocycles. The standard InChI is InChI=1S/C22H21BrO3P/c23-26-17-16-25-22(18-24)27(19-10-4-1-5-11-19,20-12-6-2-7-13-20)21-14-8-3-9-15-21/h1-15,18,22H,16-17H2/q+1. The summed E-state index contributed by atoms with van der Waals surface area (Å²) >= 11 is 2.95. The summed E-state index contributed by atoms with van der Waals surface area (Å²) in [4.78, 5) is 12.3. The van der Waals surface area contributed by atoms with Crippen molar-refractivity contribution in [2.24, 2.45) is 0 Å². The molecule has 138 valence electrons. The maximum absolute atomic E-state index is 12.3. The van der Waals surface area contributed by atoms with E-state index in [0.29, 0.717) is 13.2 Å². The molecule has 3 rings (SSSR count). The van der Waals surface area contributed by atoms with Crippen LogP contribution in [0.2, 0.25) is 0 Å². The van der Waals surface area contributed by atoms with Crippen LogP contribution in [0.1, 0.15) is 0 Å². The molecule has 0 aromatic heterocycles. The van der Waals surface area contributed by atoms with E-state index in [0.717, 1.165) is 22.2 Å². The lowest BCUT2D eigenvalue weighted by molar-refractivity contribution is -0.114. The molecule has 0 saturated heterocycles. The average molecular weight is 444 g/mol. The van der Waals surface area contributed by atoms with E-state index in [4.69, 9.17) is 8.57 Å². The Bertz CT molecular complexity index is 731. The number of hydrogen-bond donors (Lipinski definition) is 0. The SMILES string of the molecule is O=CC(OCCOBr)[P+](c1ccccc1)(c1ccccc1)c1ccccc1. The van der Waals surface area contributed by atoms with Gasteiger partial charge in [0, 0.05) is 0 Å². The molecule has 0 bridgehead atoms. The highest BCUT2D eigenvalue weighted by Crippen LogP contribution is 2.59. The summed E-state index contributed by atoms with van der Waals surface area (Å²) in [6.45, 7) is 0.686. The third-order valence-electron chi connectivity index (χ3n) is 4.44. The minimum absolute atomic E-state index is 0.322. The van der Waals surface area contributed by atoms with Gasteiger partial charge in [-0.2, -0.15) is 0 Å². The highest BCUT2D eigenvalue weighted by molar-refractivity contribution is 9.06. The van der Waals surface area contributed by atoms with Crippen LogP contribution >= 0.6 is 23.5 Å². The number of carbonyl (C=O) groups is 1. The molecule has 0 saturated carbocycles. The van der Waals surface area contributed by atoms with Gasteiger partial charge in [0.2, 0.25) is 5.85 Å². The zero-order valence-electron chi connectivity index (χ0n) is 14.8. The second-order valence-corrected chi connectivity index (χ2v) is 9.90. The van der Waals surface area contributed by atoms with Crippen molar-refractivity contribution in [1.82, 2.24) is 0 Å². The predicted octanol–water partition coefficient (Wildman–Crippen LogP) is 3.85. The molecule has 0 N–H and O–H groups in total. The lowest BCUT2D eigenvalue weighted by Crippen LogP contribution is -2.41.